The van der Waals surface area contributed by atoms with Crippen molar-refractivity contribution in [3.63, 3.8) is 0 Å². The zero-order chi connectivity index (χ0) is 18.5. The van der Waals surface area contributed by atoms with Gasteiger partial charge in [-0.25, -0.2) is 9.59 Å². The molecule has 134 valence electrons. The molecule has 0 saturated heterocycles. The van der Waals surface area contributed by atoms with Crippen LogP contribution in [0.15, 0.2) is 53.5 Å². The van der Waals surface area contributed by atoms with Gasteiger partial charge in [0.25, 0.3) is 0 Å². The molecule has 2 aromatic rings. The van der Waals surface area contributed by atoms with Crippen molar-refractivity contribution in [3.8, 4) is 11.1 Å². The lowest BCUT2D eigenvalue weighted by Gasteiger charge is -2.20. The van der Waals surface area contributed by atoms with Gasteiger partial charge in [0.2, 0.25) is 6.08 Å². The maximum atomic E-state index is 12.2. The third kappa shape index (κ3) is 3.53. The van der Waals surface area contributed by atoms with Crippen LogP contribution in [-0.2, 0) is 9.53 Å². The normalized spacial score (nSPS) is 14.5. The van der Waals surface area contributed by atoms with E-state index in [2.05, 4.69) is 34.6 Å². The Labute approximate surface area is 153 Å². The van der Waals surface area contributed by atoms with Gasteiger partial charge >= 0.3 is 6.09 Å². The molecule has 0 aliphatic heterocycles. The highest BCUT2D eigenvalue weighted by molar-refractivity contribution is 5.79. The molecule has 0 spiro atoms. The molecular weight excluding hydrogens is 328 g/mol. The Bertz CT molecular complexity index is 797. The number of carbonyl (C=O) groups excluding carboxylic acids is 2. The molecule has 1 N–H and O–H groups in total. The topological polar surface area (TPSA) is 67.8 Å². The van der Waals surface area contributed by atoms with Gasteiger partial charge in [0.15, 0.2) is 0 Å². The van der Waals surface area contributed by atoms with Gasteiger partial charge in [0.05, 0.1) is 0 Å². The van der Waals surface area contributed by atoms with E-state index in [1.165, 1.54) is 17.2 Å². The quantitative estimate of drug-likeness (QED) is 0.626. The molecule has 0 radical (unpaired) electrons. The van der Waals surface area contributed by atoms with Crippen molar-refractivity contribution in [3.05, 3.63) is 59.7 Å². The third-order valence-electron chi connectivity index (χ3n) is 4.98. The van der Waals surface area contributed by atoms with Crippen molar-refractivity contribution in [1.29, 1.82) is 0 Å². The van der Waals surface area contributed by atoms with Crippen LogP contribution in [0.2, 0.25) is 0 Å². The minimum absolute atomic E-state index is 0.00442. The molecule has 5 heteroatoms. The molecule has 3 rings (SSSR count). The van der Waals surface area contributed by atoms with Crippen LogP contribution in [0.25, 0.3) is 11.1 Å². The number of nitrogens with zero attached hydrogens (tertiary/aromatic N) is 1. The second-order valence-electron chi connectivity index (χ2n) is 6.52. The minimum atomic E-state index is -0.617. The first-order valence-electron chi connectivity index (χ1n) is 8.84. The Kier molecular flexibility index (Phi) is 5.49. The number of hydrogen-bond acceptors (Lipinski definition) is 4. The van der Waals surface area contributed by atoms with Crippen molar-refractivity contribution in [2.24, 2.45) is 10.9 Å². The number of alkyl carbamates (subject to hydrolysis) is 1. The molecule has 0 saturated carbocycles. The molecule has 1 unspecified atom stereocenters. The fourth-order valence-electron chi connectivity index (χ4n) is 3.34. The molecular formula is C21H22N2O3. The van der Waals surface area contributed by atoms with E-state index in [4.69, 9.17) is 4.74 Å². The van der Waals surface area contributed by atoms with E-state index in [0.717, 1.165) is 17.5 Å². The number of aliphatic imine (C=N–C) groups is 1. The number of nitrogens with one attached hydrogen (secondary N) is 1. The van der Waals surface area contributed by atoms with Gasteiger partial charge in [0.1, 0.15) is 12.8 Å². The van der Waals surface area contributed by atoms with Crippen molar-refractivity contribution >= 4 is 12.2 Å². The van der Waals surface area contributed by atoms with Crippen LogP contribution in [0.5, 0.6) is 0 Å². The molecule has 0 heterocycles. The predicted molar refractivity (Wildman–Crippen MR) is 99.6 cm³/mol. The van der Waals surface area contributed by atoms with Crippen LogP contribution in [0, 0.1) is 5.92 Å². The standard InChI is InChI=1S/C21H22N2O3/c1-3-14(2)20(22-13-24)23-21(25)26-12-19-17-10-6-4-8-15(17)16-9-5-7-11-18(16)19/h4-11,14,19-20H,3,12H2,1-2H3,(H,23,25)/t14?,20-/m0/s1. The monoisotopic (exact) mass is 350 g/mol. The average Bonchev–Trinajstić information content (AvgIpc) is 2.99. The lowest BCUT2D eigenvalue weighted by molar-refractivity contribution is 0.136. The van der Waals surface area contributed by atoms with E-state index in [-0.39, 0.29) is 18.4 Å². The van der Waals surface area contributed by atoms with E-state index >= 15 is 0 Å². The van der Waals surface area contributed by atoms with Crippen LogP contribution >= 0.6 is 0 Å². The first kappa shape index (κ1) is 17.9. The maximum absolute atomic E-state index is 12.2. The van der Waals surface area contributed by atoms with E-state index < -0.39 is 12.3 Å². The lowest BCUT2D eigenvalue weighted by Crippen LogP contribution is -2.38. The molecule has 1 aliphatic carbocycles. The second-order valence-corrected chi connectivity index (χ2v) is 6.52. The predicted octanol–water partition coefficient (Wildman–Crippen LogP) is 4.23. The summed E-state index contributed by atoms with van der Waals surface area (Å²) < 4.78 is 5.47. The first-order chi connectivity index (χ1) is 12.7. The van der Waals surface area contributed by atoms with Crippen LogP contribution in [-0.4, -0.2) is 24.9 Å². The zero-order valence-electron chi connectivity index (χ0n) is 14.9. The van der Waals surface area contributed by atoms with Crippen LogP contribution in [0.1, 0.15) is 37.3 Å². The van der Waals surface area contributed by atoms with Crippen molar-refractivity contribution in [1.82, 2.24) is 5.32 Å². The molecule has 1 amide bonds. The smallest absolute Gasteiger partial charge is 0.408 e. The van der Waals surface area contributed by atoms with Gasteiger partial charge in [-0.3, -0.25) is 5.32 Å². The van der Waals surface area contributed by atoms with Crippen LogP contribution in [0.4, 0.5) is 4.79 Å². The van der Waals surface area contributed by atoms with Gasteiger partial charge < -0.3 is 4.74 Å². The summed E-state index contributed by atoms with van der Waals surface area (Å²) in [5.74, 6) is 0.0294. The molecule has 1 aliphatic rings. The number of hydrogen-bond donors (Lipinski definition) is 1. The van der Waals surface area contributed by atoms with Crippen LogP contribution in [0.3, 0.4) is 0 Å². The van der Waals surface area contributed by atoms with Crippen molar-refractivity contribution in [2.45, 2.75) is 32.4 Å². The first-order valence-corrected chi connectivity index (χ1v) is 8.84. The number of carbonyl (C=O) groups is 1. The van der Waals surface area contributed by atoms with E-state index in [9.17, 15) is 9.59 Å². The number of isocyanates is 1. The number of ether oxygens (including phenoxy) is 1. The third-order valence-corrected chi connectivity index (χ3v) is 4.98. The summed E-state index contributed by atoms with van der Waals surface area (Å²) in [4.78, 5) is 26.5. The number of rotatable bonds is 6. The molecule has 0 fully saturated rings. The van der Waals surface area contributed by atoms with Gasteiger partial charge in [-0.05, 0) is 34.6 Å². The lowest BCUT2D eigenvalue weighted by atomic mass is 9.98. The van der Waals surface area contributed by atoms with Gasteiger partial charge in [0, 0.05) is 5.92 Å². The Hall–Kier alpha value is -2.91. The Morgan fingerprint density at radius 2 is 1.73 bits per heavy atom. The summed E-state index contributed by atoms with van der Waals surface area (Å²) in [7, 11) is 0. The van der Waals surface area contributed by atoms with Crippen molar-refractivity contribution in [2.75, 3.05) is 6.61 Å². The van der Waals surface area contributed by atoms with E-state index in [0.29, 0.717) is 0 Å². The zero-order valence-corrected chi connectivity index (χ0v) is 14.9. The van der Waals surface area contributed by atoms with Gasteiger partial charge in [-0.2, -0.15) is 4.99 Å². The average molecular weight is 350 g/mol. The minimum Gasteiger partial charge on any atom is -0.449 e. The number of benzene rings is 2. The highest BCUT2D eigenvalue weighted by Gasteiger charge is 2.29. The van der Waals surface area contributed by atoms with Crippen molar-refractivity contribution < 1.29 is 14.3 Å². The maximum Gasteiger partial charge on any atom is 0.408 e. The summed E-state index contributed by atoms with van der Waals surface area (Å²) in [6.45, 7) is 4.12. The van der Waals surface area contributed by atoms with E-state index in [1.807, 2.05) is 38.1 Å². The SMILES string of the molecule is CCC(C)[C@@H](N=C=O)NC(=O)OCC1c2ccccc2-c2ccccc21. The summed E-state index contributed by atoms with van der Waals surface area (Å²) in [5.41, 5.74) is 4.68. The summed E-state index contributed by atoms with van der Waals surface area (Å²) in [6.07, 6.45) is 1.10. The Morgan fingerprint density at radius 1 is 1.15 bits per heavy atom. The largest absolute Gasteiger partial charge is 0.449 e. The molecule has 2 aromatic carbocycles. The molecule has 0 aromatic heterocycles. The molecule has 26 heavy (non-hydrogen) atoms. The number of fused-ring (bicyclic) bond motifs is 3. The fourth-order valence-corrected chi connectivity index (χ4v) is 3.34. The summed E-state index contributed by atoms with van der Waals surface area (Å²) in [5, 5.41) is 2.65. The fraction of sp³-hybridized carbons (Fsp3) is 0.333. The number of amides is 1. The Balaban J connectivity index is 1.72. The Morgan fingerprint density at radius 3 is 2.27 bits per heavy atom. The highest BCUT2D eigenvalue weighted by Crippen LogP contribution is 2.44. The van der Waals surface area contributed by atoms with Crippen LogP contribution < -0.4 is 5.32 Å². The molecule has 0 bridgehead atoms. The highest BCUT2D eigenvalue weighted by atomic mass is 16.5. The van der Waals surface area contributed by atoms with E-state index in [1.54, 1.807) is 0 Å². The summed E-state index contributed by atoms with van der Waals surface area (Å²) in [6, 6.07) is 16.3. The second kappa shape index (κ2) is 7.98. The van der Waals surface area contributed by atoms with Gasteiger partial charge in [-0.15, -0.1) is 0 Å². The molecule has 5 nitrogen and oxygen atoms in total. The summed E-state index contributed by atoms with van der Waals surface area (Å²) >= 11 is 0. The molecule has 2 atom stereocenters. The van der Waals surface area contributed by atoms with Gasteiger partial charge in [-0.1, -0.05) is 62.4 Å².